The van der Waals surface area contributed by atoms with Crippen LogP contribution in [0.2, 0.25) is 0 Å². The molecule has 3 rings (SSSR count). The lowest BCUT2D eigenvalue weighted by molar-refractivity contribution is -0.120. The Hall–Kier alpha value is -2.88. The van der Waals surface area contributed by atoms with Gasteiger partial charge in [0, 0.05) is 31.0 Å². The number of anilines is 2. The molecule has 0 aliphatic carbocycles. The Labute approximate surface area is 166 Å². The van der Waals surface area contributed by atoms with Crippen molar-refractivity contribution in [1.82, 2.24) is 4.90 Å². The molecule has 0 bridgehead atoms. The molecule has 28 heavy (non-hydrogen) atoms. The smallest absolute Gasteiger partial charge is 0.241 e. The van der Waals surface area contributed by atoms with E-state index in [1.165, 1.54) is 11.3 Å². The van der Waals surface area contributed by atoms with Gasteiger partial charge in [-0.3, -0.25) is 9.69 Å². The van der Waals surface area contributed by atoms with E-state index in [1.54, 1.807) is 24.3 Å². The number of carbonyl (C=O) groups excluding carboxylic acids is 1. The van der Waals surface area contributed by atoms with Crippen molar-refractivity contribution in [3.05, 3.63) is 59.7 Å². The van der Waals surface area contributed by atoms with E-state index in [0.29, 0.717) is 17.8 Å². The van der Waals surface area contributed by atoms with E-state index in [2.05, 4.69) is 28.4 Å². The van der Waals surface area contributed by atoms with Gasteiger partial charge < -0.3 is 15.0 Å². The van der Waals surface area contributed by atoms with Crippen LogP contribution < -0.4 is 10.2 Å². The summed E-state index contributed by atoms with van der Waals surface area (Å²) in [5.74, 6) is -0.0959. The van der Waals surface area contributed by atoms with Crippen LogP contribution in [-0.4, -0.2) is 50.2 Å². The minimum Gasteiger partial charge on any atom is -0.378 e. The van der Waals surface area contributed by atoms with E-state index in [9.17, 15) is 4.79 Å². The summed E-state index contributed by atoms with van der Waals surface area (Å²) in [6, 6.07) is 17.0. The van der Waals surface area contributed by atoms with Gasteiger partial charge >= 0.3 is 0 Å². The van der Waals surface area contributed by atoms with Crippen molar-refractivity contribution < 1.29 is 9.53 Å². The number of para-hydroxylation sites is 1. The molecule has 1 saturated heterocycles. The Kier molecular flexibility index (Phi) is 6.64. The molecular weight excluding hydrogens is 352 g/mol. The fourth-order valence-electron chi connectivity index (χ4n) is 3.28. The van der Waals surface area contributed by atoms with Gasteiger partial charge in [-0.25, -0.2) is 0 Å². The highest BCUT2D eigenvalue weighted by molar-refractivity contribution is 5.94. The van der Waals surface area contributed by atoms with Crippen molar-refractivity contribution in [1.29, 1.82) is 5.26 Å². The van der Waals surface area contributed by atoms with E-state index >= 15 is 0 Å². The van der Waals surface area contributed by atoms with E-state index in [4.69, 9.17) is 10.00 Å². The topological polar surface area (TPSA) is 68.6 Å². The zero-order valence-corrected chi connectivity index (χ0v) is 16.4. The Bertz CT molecular complexity index is 856. The molecule has 0 spiro atoms. The minimum absolute atomic E-state index is 0.0959. The number of likely N-dealkylation sites (N-methyl/N-ethyl adjacent to an activating group) is 1. The zero-order chi connectivity index (χ0) is 19.9. The number of ether oxygens (including phenoxy) is 1. The normalized spacial score (nSPS) is 15.1. The number of amides is 1. The van der Waals surface area contributed by atoms with Gasteiger partial charge in [0.05, 0.1) is 30.9 Å². The van der Waals surface area contributed by atoms with Crippen molar-refractivity contribution in [3.8, 4) is 6.07 Å². The van der Waals surface area contributed by atoms with Gasteiger partial charge in [-0.2, -0.15) is 5.26 Å². The summed E-state index contributed by atoms with van der Waals surface area (Å²) in [5, 5.41) is 11.9. The summed E-state index contributed by atoms with van der Waals surface area (Å²) in [7, 11) is 1.95. The highest BCUT2D eigenvalue weighted by Crippen LogP contribution is 2.23. The number of carbonyl (C=O) groups is 1. The maximum absolute atomic E-state index is 12.7. The third-order valence-electron chi connectivity index (χ3n) is 5.06. The first-order valence-electron chi connectivity index (χ1n) is 9.50. The van der Waals surface area contributed by atoms with Crippen molar-refractivity contribution in [3.63, 3.8) is 0 Å². The van der Waals surface area contributed by atoms with Gasteiger partial charge in [-0.05, 0) is 43.8 Å². The van der Waals surface area contributed by atoms with Crippen molar-refractivity contribution in [2.75, 3.05) is 43.6 Å². The molecule has 1 aliphatic heterocycles. The number of hydrogen-bond acceptors (Lipinski definition) is 5. The largest absolute Gasteiger partial charge is 0.378 e. The molecule has 0 radical (unpaired) electrons. The molecule has 0 aromatic heterocycles. The van der Waals surface area contributed by atoms with Crippen LogP contribution in [0.25, 0.3) is 0 Å². The summed E-state index contributed by atoms with van der Waals surface area (Å²) in [4.78, 5) is 17.0. The minimum atomic E-state index is -0.316. The van der Waals surface area contributed by atoms with Crippen molar-refractivity contribution in [2.45, 2.75) is 19.5 Å². The number of benzene rings is 2. The van der Waals surface area contributed by atoms with Crippen molar-refractivity contribution in [2.24, 2.45) is 0 Å². The van der Waals surface area contributed by atoms with Crippen LogP contribution in [0, 0.1) is 11.3 Å². The van der Waals surface area contributed by atoms with E-state index in [1.807, 2.05) is 31.0 Å². The lowest BCUT2D eigenvalue weighted by Gasteiger charge is -2.32. The molecule has 0 saturated carbocycles. The first-order chi connectivity index (χ1) is 13.6. The summed E-state index contributed by atoms with van der Waals surface area (Å²) >= 11 is 0. The lowest BCUT2D eigenvalue weighted by Crippen LogP contribution is -2.40. The number of morpholine rings is 1. The third-order valence-corrected chi connectivity index (χ3v) is 5.06. The second kappa shape index (κ2) is 9.36. The third kappa shape index (κ3) is 4.89. The Balaban J connectivity index is 1.66. The highest BCUT2D eigenvalue weighted by Gasteiger charge is 2.21. The monoisotopic (exact) mass is 378 g/mol. The SMILES string of the molecule is C[C@H](C(=O)Nc1cccc(C#N)c1)N(C)Cc1ccccc1N1CCOCC1. The predicted molar refractivity (Wildman–Crippen MR) is 110 cm³/mol. The zero-order valence-electron chi connectivity index (χ0n) is 16.4. The molecule has 1 amide bonds. The van der Waals surface area contributed by atoms with E-state index in [-0.39, 0.29) is 11.9 Å². The molecule has 6 nitrogen and oxygen atoms in total. The summed E-state index contributed by atoms with van der Waals surface area (Å²) < 4.78 is 5.46. The molecule has 146 valence electrons. The van der Waals surface area contributed by atoms with Gasteiger partial charge in [0.15, 0.2) is 0 Å². The van der Waals surface area contributed by atoms with Gasteiger partial charge in [0.1, 0.15) is 0 Å². The number of rotatable bonds is 6. The van der Waals surface area contributed by atoms with E-state index in [0.717, 1.165) is 26.3 Å². The van der Waals surface area contributed by atoms with Crippen LogP contribution in [0.3, 0.4) is 0 Å². The lowest BCUT2D eigenvalue weighted by atomic mass is 10.1. The van der Waals surface area contributed by atoms with Gasteiger partial charge in [-0.15, -0.1) is 0 Å². The Morgan fingerprint density at radius 1 is 1.25 bits per heavy atom. The number of nitriles is 1. The summed E-state index contributed by atoms with van der Waals surface area (Å²) in [6.45, 7) is 5.80. The number of hydrogen-bond donors (Lipinski definition) is 1. The maximum Gasteiger partial charge on any atom is 0.241 e. The quantitative estimate of drug-likeness (QED) is 0.837. The molecule has 6 heteroatoms. The second-order valence-corrected chi connectivity index (χ2v) is 7.00. The molecule has 1 aliphatic rings. The molecule has 1 atom stereocenters. The van der Waals surface area contributed by atoms with Crippen LogP contribution in [0.1, 0.15) is 18.1 Å². The molecule has 2 aromatic carbocycles. The second-order valence-electron chi connectivity index (χ2n) is 7.00. The highest BCUT2D eigenvalue weighted by atomic mass is 16.5. The maximum atomic E-state index is 12.7. The molecule has 1 fully saturated rings. The van der Waals surface area contributed by atoms with E-state index < -0.39 is 0 Å². The molecular formula is C22H26N4O2. The average Bonchev–Trinajstić information content (AvgIpc) is 2.74. The first-order valence-corrected chi connectivity index (χ1v) is 9.50. The fourth-order valence-corrected chi connectivity index (χ4v) is 3.28. The molecule has 1 N–H and O–H groups in total. The van der Waals surface area contributed by atoms with Crippen LogP contribution in [0.15, 0.2) is 48.5 Å². The predicted octanol–water partition coefficient (Wildman–Crippen LogP) is 2.85. The standard InChI is InChI=1S/C22H26N4O2/c1-17(22(27)24-20-8-5-6-18(14-20)15-23)25(2)16-19-7-3-4-9-21(19)26-10-12-28-13-11-26/h3-9,14,17H,10-13,16H2,1-2H3,(H,24,27)/t17-/m1/s1. The number of nitrogens with zero attached hydrogens (tertiary/aromatic N) is 3. The van der Waals surface area contributed by atoms with Gasteiger partial charge in [-0.1, -0.05) is 24.3 Å². The van der Waals surface area contributed by atoms with Crippen LogP contribution >= 0.6 is 0 Å². The Morgan fingerprint density at radius 2 is 2.00 bits per heavy atom. The fraction of sp³-hybridized carbons (Fsp3) is 0.364. The van der Waals surface area contributed by atoms with Crippen LogP contribution in [0.4, 0.5) is 11.4 Å². The van der Waals surface area contributed by atoms with Crippen molar-refractivity contribution >= 4 is 17.3 Å². The Morgan fingerprint density at radius 3 is 2.75 bits per heavy atom. The van der Waals surface area contributed by atoms with Gasteiger partial charge in [0.25, 0.3) is 0 Å². The molecule has 1 heterocycles. The first kappa shape index (κ1) is 19.9. The summed E-state index contributed by atoms with van der Waals surface area (Å²) in [6.07, 6.45) is 0. The van der Waals surface area contributed by atoms with Crippen LogP contribution in [-0.2, 0) is 16.1 Å². The van der Waals surface area contributed by atoms with Gasteiger partial charge in [0.2, 0.25) is 5.91 Å². The molecule has 2 aromatic rings. The average molecular weight is 378 g/mol. The summed E-state index contributed by atoms with van der Waals surface area (Å²) in [5.41, 5.74) is 3.56. The molecule has 0 unspecified atom stereocenters. The van der Waals surface area contributed by atoms with Crippen LogP contribution in [0.5, 0.6) is 0 Å². The number of nitrogens with one attached hydrogen (secondary N) is 1.